The summed E-state index contributed by atoms with van der Waals surface area (Å²) < 4.78 is 29.5. The van der Waals surface area contributed by atoms with Gasteiger partial charge in [0.15, 0.2) is 0 Å². The van der Waals surface area contributed by atoms with E-state index in [0.717, 1.165) is 27.2 Å². The molecule has 2 aromatic carbocycles. The molecule has 30 heavy (non-hydrogen) atoms. The van der Waals surface area contributed by atoms with Crippen LogP contribution < -0.4 is 10.0 Å². The molecule has 0 fully saturated rings. The first-order valence-corrected chi connectivity index (χ1v) is 12.3. The van der Waals surface area contributed by atoms with Crippen molar-refractivity contribution in [3.63, 3.8) is 0 Å². The minimum atomic E-state index is -3.87. The number of benzene rings is 2. The molecule has 0 saturated carbocycles. The second-order valence-corrected chi connectivity index (χ2v) is 10.7. The fraction of sp³-hybridized carbons (Fsp3) is 0.364. The zero-order valence-electron chi connectivity index (χ0n) is 17.6. The van der Waals surface area contributed by atoms with Gasteiger partial charge in [-0.2, -0.15) is 4.72 Å². The largest absolute Gasteiger partial charge is 0.325 e. The van der Waals surface area contributed by atoms with Crippen LogP contribution in [0.4, 0.5) is 5.69 Å². The van der Waals surface area contributed by atoms with Gasteiger partial charge in [-0.3, -0.25) is 4.79 Å². The van der Waals surface area contributed by atoms with Crippen molar-refractivity contribution in [3.05, 3.63) is 53.0 Å². The predicted molar refractivity (Wildman–Crippen MR) is 122 cm³/mol. The molecule has 0 aliphatic heterocycles. The van der Waals surface area contributed by atoms with E-state index in [2.05, 4.69) is 15.0 Å². The second-order valence-electron chi connectivity index (χ2n) is 7.71. The highest BCUT2D eigenvalue weighted by Crippen LogP contribution is 2.25. The van der Waals surface area contributed by atoms with Crippen LogP contribution in [0, 0.1) is 12.8 Å². The van der Waals surface area contributed by atoms with E-state index in [0.29, 0.717) is 12.1 Å². The number of hydrogen-bond donors (Lipinski definition) is 2. The highest BCUT2D eigenvalue weighted by molar-refractivity contribution is 7.89. The molecule has 0 bridgehead atoms. The Bertz CT molecular complexity index is 1150. The van der Waals surface area contributed by atoms with Crippen molar-refractivity contribution in [2.24, 2.45) is 5.92 Å². The van der Waals surface area contributed by atoms with Crippen LogP contribution in [-0.4, -0.2) is 25.4 Å². The summed E-state index contributed by atoms with van der Waals surface area (Å²) in [6, 6.07) is 11.5. The van der Waals surface area contributed by atoms with Gasteiger partial charge in [0.2, 0.25) is 15.9 Å². The van der Waals surface area contributed by atoms with E-state index in [1.165, 1.54) is 17.4 Å². The van der Waals surface area contributed by atoms with E-state index in [9.17, 15) is 13.2 Å². The molecule has 8 heteroatoms. The van der Waals surface area contributed by atoms with Crippen LogP contribution >= 0.6 is 11.3 Å². The lowest BCUT2D eigenvalue weighted by Gasteiger charge is -2.20. The molecule has 0 saturated heterocycles. The van der Waals surface area contributed by atoms with Gasteiger partial charge in [-0.05, 0) is 61.6 Å². The van der Waals surface area contributed by atoms with Crippen molar-refractivity contribution >= 4 is 43.2 Å². The normalized spacial score (nSPS) is 13.0. The highest BCUT2D eigenvalue weighted by Gasteiger charge is 2.27. The molecule has 3 aromatic rings. The zero-order valence-corrected chi connectivity index (χ0v) is 19.2. The Kier molecular flexibility index (Phi) is 6.90. The molecule has 1 heterocycles. The molecule has 6 nitrogen and oxygen atoms in total. The maximum atomic E-state index is 13.0. The fourth-order valence-corrected chi connectivity index (χ4v) is 5.40. The Labute approximate surface area is 181 Å². The Morgan fingerprint density at radius 2 is 1.93 bits per heavy atom. The van der Waals surface area contributed by atoms with Crippen molar-refractivity contribution in [2.75, 3.05) is 5.32 Å². The minimum absolute atomic E-state index is 0.133. The topological polar surface area (TPSA) is 88.2 Å². The van der Waals surface area contributed by atoms with Gasteiger partial charge in [0.05, 0.1) is 20.1 Å². The smallest absolute Gasteiger partial charge is 0.242 e. The first-order chi connectivity index (χ1) is 14.2. The second kappa shape index (κ2) is 9.24. The number of aryl methyl sites for hydroxylation is 2. The Morgan fingerprint density at radius 1 is 1.17 bits per heavy atom. The van der Waals surface area contributed by atoms with Crippen molar-refractivity contribution in [3.8, 4) is 0 Å². The zero-order chi connectivity index (χ0) is 21.9. The summed E-state index contributed by atoms with van der Waals surface area (Å²) in [6.45, 7) is 7.84. The SMILES string of the molecule is CCc1cccc(NC(=O)C(CC(C)C)NS(=O)(=O)c2ccc3nc(C)sc3c2)c1. The van der Waals surface area contributed by atoms with E-state index in [1.54, 1.807) is 18.2 Å². The number of aromatic nitrogens is 1. The van der Waals surface area contributed by atoms with Crippen LogP contribution in [0.2, 0.25) is 0 Å². The third-order valence-corrected chi connectivity index (χ3v) is 7.10. The number of amides is 1. The third kappa shape index (κ3) is 5.44. The average molecular weight is 446 g/mol. The van der Waals surface area contributed by atoms with Crippen molar-refractivity contribution in [1.82, 2.24) is 9.71 Å². The molecule has 1 atom stereocenters. The quantitative estimate of drug-likeness (QED) is 0.534. The molecule has 2 N–H and O–H groups in total. The lowest BCUT2D eigenvalue weighted by atomic mass is 10.0. The van der Waals surface area contributed by atoms with Gasteiger partial charge in [0, 0.05) is 5.69 Å². The maximum absolute atomic E-state index is 13.0. The third-order valence-electron chi connectivity index (χ3n) is 4.70. The molecule has 160 valence electrons. The van der Waals surface area contributed by atoms with E-state index in [1.807, 2.05) is 45.9 Å². The Balaban J connectivity index is 1.83. The van der Waals surface area contributed by atoms with E-state index < -0.39 is 16.1 Å². The summed E-state index contributed by atoms with van der Waals surface area (Å²) in [5.74, 6) is -0.229. The molecule has 0 aliphatic carbocycles. The van der Waals surface area contributed by atoms with Gasteiger partial charge >= 0.3 is 0 Å². The number of hydrogen-bond acceptors (Lipinski definition) is 5. The van der Waals surface area contributed by atoms with Crippen LogP contribution in [0.5, 0.6) is 0 Å². The van der Waals surface area contributed by atoms with E-state index in [4.69, 9.17) is 0 Å². The number of sulfonamides is 1. The van der Waals surface area contributed by atoms with Crippen LogP contribution in [0.3, 0.4) is 0 Å². The van der Waals surface area contributed by atoms with Gasteiger partial charge in [-0.1, -0.05) is 32.9 Å². The molecular weight excluding hydrogens is 418 g/mol. The molecule has 1 unspecified atom stereocenters. The average Bonchev–Trinajstić information content (AvgIpc) is 3.06. The number of rotatable bonds is 8. The molecule has 1 amide bonds. The molecule has 1 aromatic heterocycles. The van der Waals surface area contributed by atoms with Crippen molar-refractivity contribution < 1.29 is 13.2 Å². The number of nitrogens with one attached hydrogen (secondary N) is 2. The predicted octanol–water partition coefficient (Wildman–Crippen LogP) is 4.50. The number of carbonyl (C=O) groups excluding carboxylic acids is 1. The van der Waals surface area contributed by atoms with Crippen LogP contribution in [0.15, 0.2) is 47.4 Å². The molecule has 0 spiro atoms. The van der Waals surface area contributed by atoms with Crippen molar-refractivity contribution in [1.29, 1.82) is 0 Å². The van der Waals surface area contributed by atoms with Gasteiger partial charge in [0.1, 0.15) is 6.04 Å². The number of anilines is 1. The number of carbonyl (C=O) groups is 1. The summed E-state index contributed by atoms with van der Waals surface area (Å²) in [4.78, 5) is 17.4. The van der Waals surface area contributed by atoms with Gasteiger partial charge in [0.25, 0.3) is 0 Å². The number of thiazole rings is 1. The van der Waals surface area contributed by atoms with Gasteiger partial charge < -0.3 is 5.32 Å². The summed E-state index contributed by atoms with van der Waals surface area (Å²) in [5.41, 5.74) is 2.53. The first-order valence-electron chi connectivity index (χ1n) is 9.97. The molecule has 0 radical (unpaired) electrons. The van der Waals surface area contributed by atoms with Crippen LogP contribution in [-0.2, 0) is 21.2 Å². The van der Waals surface area contributed by atoms with Gasteiger partial charge in [-0.25, -0.2) is 13.4 Å². The van der Waals surface area contributed by atoms with Gasteiger partial charge in [-0.15, -0.1) is 11.3 Å². The monoisotopic (exact) mass is 445 g/mol. The molecule has 3 rings (SSSR count). The van der Waals surface area contributed by atoms with Crippen molar-refractivity contribution in [2.45, 2.75) is 51.5 Å². The number of nitrogens with zero attached hydrogens (tertiary/aromatic N) is 1. The lowest BCUT2D eigenvalue weighted by molar-refractivity contribution is -0.118. The summed E-state index contributed by atoms with van der Waals surface area (Å²) in [7, 11) is -3.87. The molecule has 0 aliphatic rings. The first kappa shape index (κ1) is 22.4. The Hall–Kier alpha value is -2.29. The lowest BCUT2D eigenvalue weighted by Crippen LogP contribution is -2.44. The Morgan fingerprint density at radius 3 is 2.63 bits per heavy atom. The highest BCUT2D eigenvalue weighted by atomic mass is 32.2. The van der Waals surface area contributed by atoms with E-state index in [-0.39, 0.29) is 16.7 Å². The van der Waals surface area contributed by atoms with Crippen LogP contribution in [0.1, 0.15) is 37.8 Å². The number of fused-ring (bicyclic) bond motifs is 1. The standard InChI is InChI=1S/C22H27N3O3S2/c1-5-16-7-6-8-17(12-16)24-22(26)20(11-14(2)3)25-30(27,28)18-9-10-19-21(13-18)29-15(4)23-19/h6-10,12-14,20,25H,5,11H2,1-4H3,(H,24,26). The maximum Gasteiger partial charge on any atom is 0.242 e. The summed E-state index contributed by atoms with van der Waals surface area (Å²) in [5, 5.41) is 3.73. The summed E-state index contributed by atoms with van der Waals surface area (Å²) in [6.07, 6.45) is 1.24. The molecular formula is C22H27N3O3S2. The van der Waals surface area contributed by atoms with Crippen LogP contribution in [0.25, 0.3) is 10.2 Å². The summed E-state index contributed by atoms with van der Waals surface area (Å²) >= 11 is 1.44. The fourth-order valence-electron chi connectivity index (χ4n) is 3.22. The minimum Gasteiger partial charge on any atom is -0.325 e. The van der Waals surface area contributed by atoms with E-state index >= 15 is 0 Å².